The normalized spacial score (nSPS) is 15.0. The molecule has 0 fully saturated rings. The summed E-state index contributed by atoms with van der Waals surface area (Å²) in [5.41, 5.74) is 2.06. The molecule has 3 amide bonds. The van der Waals surface area contributed by atoms with E-state index in [0.717, 1.165) is 16.7 Å². The van der Waals surface area contributed by atoms with Crippen LogP contribution in [0.1, 0.15) is 47.8 Å². The number of hydrogen-bond donors (Lipinski definition) is 1. The first-order chi connectivity index (χ1) is 18.4. The summed E-state index contributed by atoms with van der Waals surface area (Å²) < 4.78 is 27.0. The van der Waals surface area contributed by atoms with Gasteiger partial charge in [-0.25, -0.2) is 12.7 Å². The van der Waals surface area contributed by atoms with Crippen molar-refractivity contribution in [2.24, 2.45) is 0 Å². The highest BCUT2D eigenvalue weighted by atomic mass is 32.2. The summed E-state index contributed by atoms with van der Waals surface area (Å²) in [4.78, 5) is 41.9. The van der Waals surface area contributed by atoms with Crippen LogP contribution in [0, 0.1) is 6.92 Å². The molecule has 1 atom stereocenters. The van der Waals surface area contributed by atoms with Gasteiger partial charge in [0.25, 0.3) is 15.9 Å². The molecular formula is C30H33N3O5S. The van der Waals surface area contributed by atoms with E-state index in [-0.39, 0.29) is 29.3 Å². The Kier molecular flexibility index (Phi) is 7.92. The van der Waals surface area contributed by atoms with Crippen molar-refractivity contribution in [2.45, 2.75) is 57.1 Å². The molecule has 0 aromatic heterocycles. The number of hydrogen-bond acceptors (Lipinski definition) is 5. The van der Waals surface area contributed by atoms with E-state index in [0.29, 0.717) is 4.31 Å². The maximum Gasteiger partial charge on any atom is 0.269 e. The topological polar surface area (TPSA) is 104 Å². The molecule has 0 bridgehead atoms. The van der Waals surface area contributed by atoms with Gasteiger partial charge < -0.3 is 10.2 Å². The van der Waals surface area contributed by atoms with E-state index in [2.05, 4.69) is 5.32 Å². The maximum atomic E-state index is 14.0. The average molecular weight is 548 g/mol. The van der Waals surface area contributed by atoms with Crippen LogP contribution in [-0.4, -0.2) is 53.5 Å². The second kappa shape index (κ2) is 11.0. The van der Waals surface area contributed by atoms with Gasteiger partial charge >= 0.3 is 0 Å². The molecule has 0 saturated carbocycles. The van der Waals surface area contributed by atoms with Crippen molar-refractivity contribution in [3.05, 3.63) is 101 Å². The molecule has 1 heterocycles. The Balaban J connectivity index is 1.73. The minimum absolute atomic E-state index is 0.0295. The molecule has 0 saturated heterocycles. The Hall–Kier alpha value is -3.98. The Labute approximate surface area is 229 Å². The van der Waals surface area contributed by atoms with Crippen LogP contribution in [0.25, 0.3) is 0 Å². The van der Waals surface area contributed by atoms with Crippen molar-refractivity contribution < 1.29 is 22.8 Å². The number of fused-ring (bicyclic) bond motifs is 1. The SMILES string of the molecule is Cc1cccc(CN(C(=O)CN2C(=O)c3ccccc3S2(=O)=O)[C@H](Cc2ccccc2)C(=O)NC(C)(C)C)c1. The molecule has 39 heavy (non-hydrogen) atoms. The van der Waals surface area contributed by atoms with Crippen molar-refractivity contribution in [3.63, 3.8) is 0 Å². The van der Waals surface area contributed by atoms with Crippen LogP contribution >= 0.6 is 0 Å². The number of carbonyl (C=O) groups is 3. The standard InChI is InChI=1S/C30H33N3O5S/c1-21-11-10-14-23(17-21)19-32(25(28(35)31-30(2,3)4)18-22-12-6-5-7-13-22)27(34)20-33-29(36)24-15-8-9-16-26(24)39(33,37)38/h5-17,25H,18-20H2,1-4H3,(H,31,35)/t25-/m1/s1. The van der Waals surface area contributed by atoms with E-state index in [4.69, 9.17) is 0 Å². The van der Waals surface area contributed by atoms with Crippen LogP contribution in [0.5, 0.6) is 0 Å². The molecule has 8 nitrogen and oxygen atoms in total. The highest BCUT2D eigenvalue weighted by Crippen LogP contribution is 2.30. The third-order valence-electron chi connectivity index (χ3n) is 6.40. The molecule has 4 rings (SSSR count). The second-order valence-electron chi connectivity index (χ2n) is 10.8. The molecule has 0 unspecified atom stereocenters. The van der Waals surface area contributed by atoms with Crippen molar-refractivity contribution in [2.75, 3.05) is 6.54 Å². The van der Waals surface area contributed by atoms with E-state index in [1.807, 2.05) is 82.3 Å². The van der Waals surface area contributed by atoms with Crippen molar-refractivity contribution in [3.8, 4) is 0 Å². The number of carbonyl (C=O) groups excluding carboxylic acids is 3. The fourth-order valence-corrected chi connectivity index (χ4v) is 6.13. The van der Waals surface area contributed by atoms with E-state index in [1.54, 1.807) is 6.07 Å². The van der Waals surface area contributed by atoms with Gasteiger partial charge in [-0.1, -0.05) is 72.3 Å². The lowest BCUT2D eigenvalue weighted by molar-refractivity contribution is -0.141. The Morgan fingerprint density at radius 1 is 0.923 bits per heavy atom. The molecule has 1 N–H and O–H groups in total. The lowest BCUT2D eigenvalue weighted by atomic mass is 10.0. The van der Waals surface area contributed by atoms with Gasteiger partial charge in [-0.05, 0) is 51.0 Å². The number of rotatable bonds is 8. The van der Waals surface area contributed by atoms with Gasteiger partial charge in [-0.15, -0.1) is 0 Å². The van der Waals surface area contributed by atoms with Gasteiger partial charge in [0.1, 0.15) is 17.5 Å². The minimum atomic E-state index is -4.20. The number of amides is 3. The molecule has 1 aliphatic rings. The molecule has 3 aromatic rings. The number of benzene rings is 3. The lowest BCUT2D eigenvalue weighted by Crippen LogP contribution is -2.56. The Morgan fingerprint density at radius 3 is 2.21 bits per heavy atom. The Morgan fingerprint density at radius 2 is 1.56 bits per heavy atom. The van der Waals surface area contributed by atoms with Crippen LogP contribution in [0.15, 0.2) is 83.8 Å². The molecular weight excluding hydrogens is 514 g/mol. The Bertz CT molecular complexity index is 1500. The maximum absolute atomic E-state index is 14.0. The third-order valence-corrected chi connectivity index (χ3v) is 8.18. The predicted molar refractivity (Wildman–Crippen MR) is 148 cm³/mol. The second-order valence-corrected chi connectivity index (χ2v) is 12.6. The van der Waals surface area contributed by atoms with E-state index < -0.39 is 40.0 Å². The number of nitrogens with one attached hydrogen (secondary N) is 1. The highest BCUT2D eigenvalue weighted by Gasteiger charge is 2.43. The van der Waals surface area contributed by atoms with Crippen LogP contribution in [0.3, 0.4) is 0 Å². The van der Waals surface area contributed by atoms with Crippen molar-refractivity contribution in [1.29, 1.82) is 0 Å². The largest absolute Gasteiger partial charge is 0.350 e. The molecule has 0 aliphatic carbocycles. The lowest BCUT2D eigenvalue weighted by Gasteiger charge is -2.34. The summed E-state index contributed by atoms with van der Waals surface area (Å²) >= 11 is 0. The smallest absolute Gasteiger partial charge is 0.269 e. The van der Waals surface area contributed by atoms with Gasteiger partial charge in [-0.3, -0.25) is 14.4 Å². The quantitative estimate of drug-likeness (QED) is 0.463. The predicted octanol–water partition coefficient (Wildman–Crippen LogP) is 3.69. The van der Waals surface area contributed by atoms with Gasteiger partial charge in [0.15, 0.2) is 0 Å². The first kappa shape index (κ1) is 28.0. The highest BCUT2D eigenvalue weighted by molar-refractivity contribution is 7.90. The van der Waals surface area contributed by atoms with Gasteiger partial charge in [0.05, 0.1) is 5.56 Å². The minimum Gasteiger partial charge on any atom is -0.350 e. The fraction of sp³-hybridized carbons (Fsp3) is 0.300. The number of nitrogens with zero attached hydrogens (tertiary/aromatic N) is 2. The number of aryl methyl sites for hydroxylation is 1. The zero-order chi connectivity index (χ0) is 28.4. The summed E-state index contributed by atoms with van der Waals surface area (Å²) in [6, 6.07) is 21.8. The first-order valence-electron chi connectivity index (χ1n) is 12.7. The zero-order valence-corrected chi connectivity index (χ0v) is 23.4. The molecule has 9 heteroatoms. The summed E-state index contributed by atoms with van der Waals surface area (Å²) in [6.07, 6.45) is 0.210. The summed E-state index contributed by atoms with van der Waals surface area (Å²) in [5, 5.41) is 2.97. The third kappa shape index (κ3) is 6.37. The van der Waals surface area contributed by atoms with Crippen LogP contribution < -0.4 is 5.32 Å². The monoisotopic (exact) mass is 547 g/mol. The summed E-state index contributed by atoms with van der Waals surface area (Å²) in [5.74, 6) is -1.77. The van der Waals surface area contributed by atoms with Crippen LogP contribution in [0.4, 0.5) is 0 Å². The van der Waals surface area contributed by atoms with Crippen molar-refractivity contribution >= 4 is 27.7 Å². The van der Waals surface area contributed by atoms with Crippen molar-refractivity contribution in [1.82, 2.24) is 14.5 Å². The molecule has 0 spiro atoms. The molecule has 0 radical (unpaired) electrons. The molecule has 204 valence electrons. The van der Waals surface area contributed by atoms with Gasteiger partial charge in [0, 0.05) is 18.5 Å². The fourth-order valence-electron chi connectivity index (χ4n) is 4.62. The van der Waals surface area contributed by atoms with E-state index in [1.165, 1.54) is 23.1 Å². The molecule has 1 aliphatic heterocycles. The number of sulfonamides is 1. The van der Waals surface area contributed by atoms with Crippen LogP contribution in [-0.2, 0) is 32.6 Å². The zero-order valence-electron chi connectivity index (χ0n) is 22.5. The van der Waals surface area contributed by atoms with Gasteiger partial charge in [-0.2, -0.15) is 0 Å². The molecule has 3 aromatic carbocycles. The summed E-state index contributed by atoms with van der Waals surface area (Å²) in [7, 11) is -4.20. The van der Waals surface area contributed by atoms with E-state index >= 15 is 0 Å². The van der Waals surface area contributed by atoms with E-state index in [9.17, 15) is 22.8 Å². The van der Waals surface area contributed by atoms with Gasteiger partial charge in [0.2, 0.25) is 11.8 Å². The first-order valence-corrected chi connectivity index (χ1v) is 14.2. The summed E-state index contributed by atoms with van der Waals surface area (Å²) in [6.45, 7) is 6.83. The average Bonchev–Trinajstić information content (AvgIpc) is 3.06. The van der Waals surface area contributed by atoms with Crippen LogP contribution in [0.2, 0.25) is 0 Å².